The van der Waals surface area contributed by atoms with Gasteiger partial charge in [0.05, 0.1) is 17.2 Å². The smallest absolute Gasteiger partial charge is 0.321 e. The Hall–Kier alpha value is -3.58. The van der Waals surface area contributed by atoms with Crippen LogP contribution in [0.5, 0.6) is 0 Å². The summed E-state index contributed by atoms with van der Waals surface area (Å²) in [6.07, 6.45) is -3.28. The van der Waals surface area contributed by atoms with E-state index in [1.165, 1.54) is 18.2 Å². The fourth-order valence-corrected chi connectivity index (χ4v) is 1.98. The van der Waals surface area contributed by atoms with Crippen LogP contribution in [0.3, 0.4) is 0 Å². The van der Waals surface area contributed by atoms with Crippen LogP contribution in [0.15, 0.2) is 54.1 Å². The predicted molar refractivity (Wildman–Crippen MR) is 84.8 cm³/mol. The van der Waals surface area contributed by atoms with Crippen LogP contribution in [-0.2, 0) is 11.0 Å². The lowest BCUT2D eigenvalue weighted by Gasteiger charge is -2.09. The van der Waals surface area contributed by atoms with Crippen LogP contribution in [0.4, 0.5) is 18.9 Å². The number of nitrogens with zero attached hydrogens (tertiary/aromatic N) is 2. The highest BCUT2D eigenvalue weighted by atomic mass is 19.4. The van der Waals surface area contributed by atoms with Crippen molar-refractivity contribution in [1.82, 2.24) is 0 Å². The molecule has 0 aliphatic rings. The molecule has 1 N–H and O–H groups in total. The van der Waals surface area contributed by atoms with E-state index in [4.69, 9.17) is 10.5 Å². The van der Waals surface area contributed by atoms with Gasteiger partial charge in [-0.15, -0.1) is 0 Å². The van der Waals surface area contributed by atoms with Gasteiger partial charge in [0.2, 0.25) is 0 Å². The van der Waals surface area contributed by atoms with E-state index in [9.17, 15) is 18.0 Å². The largest absolute Gasteiger partial charge is 0.416 e. The molecule has 2 aromatic rings. The summed E-state index contributed by atoms with van der Waals surface area (Å²) in [6, 6.07) is 14.0. The van der Waals surface area contributed by atoms with Crippen LogP contribution < -0.4 is 5.32 Å². The number of anilines is 1. The SMILES string of the molecule is N#C/C(=C\c1cccc(C#N)c1)C(=O)Nc1cccc(C(F)(F)F)c1. The van der Waals surface area contributed by atoms with E-state index in [-0.39, 0.29) is 11.3 Å². The highest BCUT2D eigenvalue weighted by molar-refractivity contribution is 6.09. The number of alkyl halides is 3. The van der Waals surface area contributed by atoms with Crippen molar-refractivity contribution >= 4 is 17.7 Å². The third-order valence-electron chi connectivity index (χ3n) is 3.14. The van der Waals surface area contributed by atoms with E-state index < -0.39 is 17.6 Å². The number of carbonyl (C=O) groups is 1. The quantitative estimate of drug-likeness (QED) is 0.674. The van der Waals surface area contributed by atoms with E-state index in [1.54, 1.807) is 24.3 Å². The highest BCUT2D eigenvalue weighted by Gasteiger charge is 2.30. The molecule has 0 saturated heterocycles. The first-order valence-corrected chi connectivity index (χ1v) is 6.94. The molecule has 25 heavy (non-hydrogen) atoms. The van der Waals surface area contributed by atoms with Crippen molar-refractivity contribution in [2.45, 2.75) is 6.18 Å². The highest BCUT2D eigenvalue weighted by Crippen LogP contribution is 2.30. The number of nitriles is 2. The number of rotatable bonds is 3. The summed E-state index contributed by atoms with van der Waals surface area (Å²) in [4.78, 5) is 12.1. The lowest BCUT2D eigenvalue weighted by atomic mass is 10.1. The average molecular weight is 341 g/mol. The third kappa shape index (κ3) is 4.69. The second-order valence-corrected chi connectivity index (χ2v) is 4.94. The summed E-state index contributed by atoms with van der Waals surface area (Å²) < 4.78 is 38.1. The van der Waals surface area contributed by atoms with E-state index in [2.05, 4.69) is 5.32 Å². The van der Waals surface area contributed by atoms with Gasteiger partial charge in [-0.2, -0.15) is 23.7 Å². The summed E-state index contributed by atoms with van der Waals surface area (Å²) in [5.74, 6) is -0.843. The van der Waals surface area contributed by atoms with Crippen LogP contribution >= 0.6 is 0 Å². The maximum absolute atomic E-state index is 12.7. The van der Waals surface area contributed by atoms with Gasteiger partial charge in [-0.25, -0.2) is 0 Å². The van der Waals surface area contributed by atoms with Gasteiger partial charge in [0.25, 0.3) is 5.91 Å². The number of carbonyl (C=O) groups excluding carboxylic acids is 1. The standard InChI is InChI=1S/C18H10F3N3O/c19-18(20,21)15-5-2-6-16(9-15)24-17(25)14(11-23)8-12-3-1-4-13(7-12)10-22/h1-9H,(H,24,25)/b14-8+. The third-order valence-corrected chi connectivity index (χ3v) is 3.14. The molecule has 0 atom stereocenters. The zero-order chi connectivity index (χ0) is 18.4. The Morgan fingerprint density at radius 2 is 1.80 bits per heavy atom. The molecule has 0 heterocycles. The fourth-order valence-electron chi connectivity index (χ4n) is 1.98. The maximum atomic E-state index is 12.7. The average Bonchev–Trinajstić information content (AvgIpc) is 2.59. The van der Waals surface area contributed by atoms with Crippen LogP contribution in [0.2, 0.25) is 0 Å². The van der Waals surface area contributed by atoms with Crippen molar-refractivity contribution in [3.05, 3.63) is 70.8 Å². The molecular weight excluding hydrogens is 331 g/mol. The molecule has 0 bridgehead atoms. The Morgan fingerprint density at radius 3 is 2.44 bits per heavy atom. The molecule has 0 aliphatic heterocycles. The number of benzene rings is 2. The number of nitrogens with one attached hydrogen (secondary N) is 1. The Labute approximate surface area is 141 Å². The fraction of sp³-hybridized carbons (Fsp3) is 0.0556. The van der Waals surface area contributed by atoms with Gasteiger partial charge in [0, 0.05) is 5.69 Å². The second kappa shape index (κ2) is 7.33. The summed E-state index contributed by atoms with van der Waals surface area (Å²) in [6.45, 7) is 0. The molecular formula is C18H10F3N3O. The van der Waals surface area contributed by atoms with Crippen molar-refractivity contribution in [3.63, 3.8) is 0 Å². The van der Waals surface area contributed by atoms with Gasteiger partial charge in [0.1, 0.15) is 11.6 Å². The van der Waals surface area contributed by atoms with Gasteiger partial charge < -0.3 is 5.32 Å². The molecule has 0 spiro atoms. The van der Waals surface area contributed by atoms with Gasteiger partial charge >= 0.3 is 6.18 Å². The molecule has 0 unspecified atom stereocenters. The Kier molecular flexibility index (Phi) is 5.21. The molecule has 0 saturated carbocycles. The molecule has 124 valence electrons. The molecule has 1 amide bonds. The number of amides is 1. The Balaban J connectivity index is 2.25. The molecule has 7 heteroatoms. The normalized spacial score (nSPS) is 11.3. The Bertz CT molecular complexity index is 918. The second-order valence-electron chi connectivity index (χ2n) is 4.94. The zero-order valence-electron chi connectivity index (χ0n) is 12.6. The van der Waals surface area contributed by atoms with Gasteiger partial charge in [-0.05, 0) is 42.0 Å². The molecule has 0 aliphatic carbocycles. The molecule has 0 radical (unpaired) electrons. The number of hydrogen-bond acceptors (Lipinski definition) is 3. The first kappa shape index (κ1) is 17.8. The van der Waals surface area contributed by atoms with E-state index in [0.29, 0.717) is 11.1 Å². The van der Waals surface area contributed by atoms with Crippen molar-refractivity contribution in [3.8, 4) is 12.1 Å². The summed E-state index contributed by atoms with van der Waals surface area (Å²) in [7, 11) is 0. The predicted octanol–water partition coefficient (Wildman–Crippen LogP) is 4.12. The van der Waals surface area contributed by atoms with Crippen LogP contribution in [0, 0.1) is 22.7 Å². The molecule has 2 rings (SSSR count). The van der Waals surface area contributed by atoms with E-state index in [1.807, 2.05) is 6.07 Å². The molecule has 4 nitrogen and oxygen atoms in total. The van der Waals surface area contributed by atoms with Crippen LogP contribution in [-0.4, -0.2) is 5.91 Å². The lowest BCUT2D eigenvalue weighted by molar-refractivity contribution is -0.137. The zero-order valence-corrected chi connectivity index (χ0v) is 12.6. The van der Waals surface area contributed by atoms with Gasteiger partial charge in [-0.1, -0.05) is 18.2 Å². The van der Waals surface area contributed by atoms with Crippen molar-refractivity contribution in [1.29, 1.82) is 10.5 Å². The summed E-state index contributed by atoms with van der Waals surface area (Å²) in [5.41, 5.74) is -0.479. The van der Waals surface area contributed by atoms with E-state index in [0.717, 1.165) is 18.2 Å². The topological polar surface area (TPSA) is 76.7 Å². The molecule has 2 aromatic carbocycles. The van der Waals surface area contributed by atoms with Crippen molar-refractivity contribution in [2.75, 3.05) is 5.32 Å². The Morgan fingerprint density at radius 1 is 1.08 bits per heavy atom. The summed E-state index contributed by atoms with van der Waals surface area (Å²) in [5, 5.41) is 20.2. The maximum Gasteiger partial charge on any atom is 0.416 e. The minimum atomic E-state index is -4.54. The minimum absolute atomic E-state index is 0.0771. The van der Waals surface area contributed by atoms with Gasteiger partial charge in [0.15, 0.2) is 0 Å². The molecule has 0 fully saturated rings. The monoisotopic (exact) mass is 341 g/mol. The summed E-state index contributed by atoms with van der Waals surface area (Å²) >= 11 is 0. The minimum Gasteiger partial charge on any atom is -0.321 e. The van der Waals surface area contributed by atoms with Crippen LogP contribution in [0.1, 0.15) is 16.7 Å². The number of halogens is 3. The van der Waals surface area contributed by atoms with Gasteiger partial charge in [-0.3, -0.25) is 4.79 Å². The first-order chi connectivity index (χ1) is 11.8. The van der Waals surface area contributed by atoms with Crippen molar-refractivity contribution < 1.29 is 18.0 Å². The molecule has 0 aromatic heterocycles. The number of hydrogen-bond donors (Lipinski definition) is 1. The van der Waals surface area contributed by atoms with Crippen molar-refractivity contribution in [2.24, 2.45) is 0 Å². The van der Waals surface area contributed by atoms with E-state index >= 15 is 0 Å². The first-order valence-electron chi connectivity index (χ1n) is 6.94. The lowest BCUT2D eigenvalue weighted by Crippen LogP contribution is -2.14. The van der Waals surface area contributed by atoms with Crippen LogP contribution in [0.25, 0.3) is 6.08 Å².